The highest BCUT2D eigenvalue weighted by atomic mass is 32.3. The van der Waals surface area contributed by atoms with Gasteiger partial charge in [-0.3, -0.25) is 0 Å². The van der Waals surface area contributed by atoms with Crippen LogP contribution < -0.4 is 0 Å². The Morgan fingerprint density at radius 1 is 1.11 bits per heavy atom. The maximum atomic E-state index is 6.26. The van der Waals surface area contributed by atoms with E-state index in [0.29, 0.717) is 6.42 Å². The first-order valence-corrected chi connectivity index (χ1v) is 9.12. The lowest BCUT2D eigenvalue weighted by Crippen LogP contribution is -2.50. The smallest absolute Gasteiger partial charge is 0.171 e. The summed E-state index contributed by atoms with van der Waals surface area (Å²) in [5.74, 6) is 0. The lowest BCUT2D eigenvalue weighted by Gasteiger charge is -2.48. The van der Waals surface area contributed by atoms with Crippen LogP contribution in [0.3, 0.4) is 0 Å². The van der Waals surface area contributed by atoms with Crippen molar-refractivity contribution in [3.63, 3.8) is 0 Å². The molecule has 0 saturated carbocycles. The van der Waals surface area contributed by atoms with Gasteiger partial charge in [0.25, 0.3) is 0 Å². The fourth-order valence-corrected chi connectivity index (χ4v) is 3.00. The van der Waals surface area contributed by atoms with Gasteiger partial charge in [-0.25, -0.2) is 0 Å². The third-order valence-corrected chi connectivity index (χ3v) is 7.66. The van der Waals surface area contributed by atoms with Gasteiger partial charge in [-0.05, 0) is 19.4 Å². The van der Waals surface area contributed by atoms with Crippen LogP contribution in [-0.4, -0.2) is 56.1 Å². The highest BCUT2D eigenvalue weighted by molar-refractivity contribution is 8.29. The maximum Gasteiger partial charge on any atom is 0.171 e. The molecule has 0 aromatic heterocycles. The topological polar surface area (TPSA) is 36.9 Å². The molecule has 0 aliphatic carbocycles. The summed E-state index contributed by atoms with van der Waals surface area (Å²) in [6.07, 6.45) is 4.84. The number of methoxy groups -OCH3 is 2. The molecule has 0 aromatic carbocycles. The summed E-state index contributed by atoms with van der Waals surface area (Å²) in [6.45, 7) is 8.64. The Balaban J connectivity index is 2.72. The Kier molecular flexibility index (Phi) is 5.72. The Morgan fingerprint density at radius 2 is 1.68 bits per heavy atom. The number of ether oxygens (including phenoxy) is 3. The minimum Gasteiger partial charge on any atom is -0.378 e. The predicted octanol–water partition coefficient (Wildman–Crippen LogP) is 2.95. The van der Waals surface area contributed by atoms with E-state index in [0.717, 1.165) is 0 Å². The molecule has 0 spiro atoms. The van der Waals surface area contributed by atoms with Crippen LogP contribution in [-0.2, 0) is 18.4 Å². The van der Waals surface area contributed by atoms with Crippen molar-refractivity contribution >= 4 is 10.3 Å². The van der Waals surface area contributed by atoms with Crippen LogP contribution in [0, 0.1) is 0 Å². The highest BCUT2D eigenvalue weighted by Crippen LogP contribution is 2.55. The molecule has 4 nitrogen and oxygen atoms in total. The Labute approximate surface area is 119 Å². The highest BCUT2D eigenvalue weighted by Gasteiger charge is 2.40. The predicted molar refractivity (Wildman–Crippen MR) is 80.8 cm³/mol. The average molecular weight is 294 g/mol. The summed E-state index contributed by atoms with van der Waals surface area (Å²) in [4.78, 5) is 0. The van der Waals surface area contributed by atoms with E-state index in [-0.39, 0.29) is 29.3 Å². The average Bonchev–Trinajstić information content (AvgIpc) is 2.26. The third kappa shape index (κ3) is 4.08. The van der Waals surface area contributed by atoms with Gasteiger partial charge in [0.2, 0.25) is 0 Å². The molecule has 1 heterocycles. The normalized spacial score (nSPS) is 34.3. The molecule has 0 N–H and O–H groups in total. The van der Waals surface area contributed by atoms with E-state index < -0.39 is 10.3 Å². The first-order valence-electron chi connectivity index (χ1n) is 6.74. The van der Waals surface area contributed by atoms with Crippen molar-refractivity contribution in [2.75, 3.05) is 26.7 Å². The van der Waals surface area contributed by atoms with Gasteiger partial charge in [0.15, 0.2) is 6.29 Å². The van der Waals surface area contributed by atoms with Gasteiger partial charge in [0.05, 0.1) is 12.2 Å². The summed E-state index contributed by atoms with van der Waals surface area (Å²) in [6, 6.07) is 0. The lowest BCUT2D eigenvalue weighted by molar-refractivity contribution is -0.226. The molecule has 0 radical (unpaired) electrons. The molecule has 4 atom stereocenters. The van der Waals surface area contributed by atoms with E-state index in [9.17, 15) is 0 Å². The van der Waals surface area contributed by atoms with Gasteiger partial charge in [-0.15, -0.1) is 10.3 Å². The summed E-state index contributed by atoms with van der Waals surface area (Å²) in [5.41, 5.74) is 0. The molecule has 19 heavy (non-hydrogen) atoms. The summed E-state index contributed by atoms with van der Waals surface area (Å²) >= 11 is 0. The monoisotopic (exact) mass is 294 g/mol. The zero-order valence-electron chi connectivity index (χ0n) is 13.6. The van der Waals surface area contributed by atoms with Crippen LogP contribution in [0.15, 0.2) is 0 Å². The molecular weight excluding hydrogens is 264 g/mol. The van der Waals surface area contributed by atoms with Gasteiger partial charge < -0.3 is 18.4 Å². The first kappa shape index (κ1) is 17.2. The van der Waals surface area contributed by atoms with Gasteiger partial charge in [-0.1, -0.05) is 20.8 Å². The number of hydrogen-bond acceptors (Lipinski definition) is 4. The van der Waals surface area contributed by atoms with E-state index in [1.807, 2.05) is 6.92 Å². The van der Waals surface area contributed by atoms with Crippen LogP contribution in [0.1, 0.15) is 34.1 Å². The quantitative estimate of drug-likeness (QED) is 0.799. The second-order valence-corrected chi connectivity index (χ2v) is 10.3. The molecule has 116 valence electrons. The van der Waals surface area contributed by atoms with Crippen LogP contribution in [0.5, 0.6) is 0 Å². The maximum absolute atomic E-state index is 6.26. The van der Waals surface area contributed by atoms with E-state index in [4.69, 9.17) is 18.4 Å². The first-order chi connectivity index (χ1) is 8.62. The summed E-state index contributed by atoms with van der Waals surface area (Å²) in [5, 5.41) is 0. The minimum atomic E-state index is -1.20. The zero-order chi connectivity index (χ0) is 14.8. The van der Waals surface area contributed by atoms with Crippen LogP contribution in [0.2, 0.25) is 0 Å². The largest absolute Gasteiger partial charge is 0.378 e. The van der Waals surface area contributed by atoms with Crippen molar-refractivity contribution < 1.29 is 18.4 Å². The van der Waals surface area contributed by atoms with Crippen molar-refractivity contribution in [3.8, 4) is 0 Å². The second kappa shape index (κ2) is 6.31. The Bertz CT molecular complexity index is 288. The molecule has 5 heteroatoms. The number of rotatable bonds is 4. The van der Waals surface area contributed by atoms with Crippen molar-refractivity contribution in [3.05, 3.63) is 0 Å². The molecule has 0 amide bonds. The molecule has 1 aliphatic heterocycles. The van der Waals surface area contributed by atoms with E-state index in [1.165, 1.54) is 0 Å². The molecule has 1 aliphatic rings. The van der Waals surface area contributed by atoms with E-state index in [1.54, 1.807) is 14.2 Å². The van der Waals surface area contributed by atoms with Gasteiger partial charge in [0, 0.05) is 25.4 Å². The fourth-order valence-electron chi connectivity index (χ4n) is 2.05. The number of hydrogen-bond donors (Lipinski definition) is 0. The molecule has 0 unspecified atom stereocenters. The van der Waals surface area contributed by atoms with Gasteiger partial charge >= 0.3 is 0 Å². The Morgan fingerprint density at radius 3 is 2.11 bits per heavy atom. The Hall–Kier alpha value is 0.190. The molecule has 0 aromatic rings. The fraction of sp³-hybridized carbons (Fsp3) is 1.00. The van der Waals surface area contributed by atoms with Crippen molar-refractivity contribution in [2.45, 2.75) is 63.5 Å². The SMILES string of the molecule is CO[C@H]1[C@H](C)O[C@@H](OS(C)(C)C(C)(C)C)C[C@@H]1OC. The third-order valence-electron chi connectivity index (χ3n) is 4.02. The van der Waals surface area contributed by atoms with Crippen molar-refractivity contribution in [1.82, 2.24) is 0 Å². The molecule has 0 bridgehead atoms. The lowest BCUT2D eigenvalue weighted by atomic mass is 10.0. The molecule has 1 fully saturated rings. The van der Waals surface area contributed by atoms with Crippen molar-refractivity contribution in [1.29, 1.82) is 0 Å². The molecule has 1 rings (SSSR count). The van der Waals surface area contributed by atoms with Crippen LogP contribution >= 0.6 is 10.3 Å². The van der Waals surface area contributed by atoms with Crippen molar-refractivity contribution in [2.24, 2.45) is 0 Å². The molecular formula is C14H30O4S. The zero-order valence-corrected chi connectivity index (χ0v) is 14.4. The summed E-state index contributed by atoms with van der Waals surface area (Å²) < 4.78 is 23.3. The van der Waals surface area contributed by atoms with Gasteiger partial charge in [0.1, 0.15) is 6.10 Å². The second-order valence-electron chi connectivity index (χ2n) is 6.42. The van der Waals surface area contributed by atoms with Gasteiger partial charge in [-0.2, -0.15) is 0 Å². The minimum absolute atomic E-state index is 0.0221. The van der Waals surface area contributed by atoms with Crippen LogP contribution in [0.25, 0.3) is 0 Å². The van der Waals surface area contributed by atoms with E-state index >= 15 is 0 Å². The van der Waals surface area contributed by atoms with Crippen LogP contribution in [0.4, 0.5) is 0 Å². The standard InChI is InChI=1S/C14H30O4S/c1-10-13(16-6)11(15-5)9-12(17-10)18-19(7,8)14(2,3)4/h10-13H,9H2,1-8H3/t10-,11-,12-,13-/m0/s1. The van der Waals surface area contributed by atoms with E-state index in [2.05, 4.69) is 33.3 Å². The molecule has 1 saturated heterocycles. The summed E-state index contributed by atoms with van der Waals surface area (Å²) in [7, 11) is 2.21.